The number of carbonyl (C=O) groups is 1. The number of Topliss-reactive ketones (excluding diaryl/α,β-unsaturated/α-hetero) is 1. The van der Waals surface area contributed by atoms with E-state index < -0.39 is 5.79 Å². The Morgan fingerprint density at radius 3 is 2.91 bits per heavy atom. The maximum absolute atomic E-state index is 11.8. The fraction of sp³-hybridized carbons (Fsp3) is 0.333. The monoisotopic (exact) mass is 295 g/mol. The molecule has 0 fully saturated rings. The molecule has 3 heterocycles. The van der Waals surface area contributed by atoms with Gasteiger partial charge in [0.2, 0.25) is 5.79 Å². The fourth-order valence-electron chi connectivity index (χ4n) is 3.41. The first-order valence-corrected chi connectivity index (χ1v) is 7.45. The van der Waals surface area contributed by atoms with E-state index in [4.69, 9.17) is 9.47 Å². The van der Waals surface area contributed by atoms with Crippen molar-refractivity contribution >= 4 is 5.78 Å². The molecule has 112 valence electrons. The highest BCUT2D eigenvalue weighted by molar-refractivity contribution is 5.95. The number of hydrogen-bond acceptors (Lipinski definition) is 4. The van der Waals surface area contributed by atoms with Gasteiger partial charge in [0.25, 0.3) is 0 Å². The lowest BCUT2D eigenvalue weighted by molar-refractivity contribution is -0.236. The summed E-state index contributed by atoms with van der Waals surface area (Å²) in [5.74, 6) is -0.0380. The van der Waals surface area contributed by atoms with E-state index in [1.54, 1.807) is 6.92 Å². The van der Waals surface area contributed by atoms with Crippen LogP contribution in [0.25, 0.3) is 0 Å². The van der Waals surface area contributed by atoms with Crippen LogP contribution in [0.1, 0.15) is 52.8 Å². The van der Waals surface area contributed by atoms with Crippen LogP contribution < -0.4 is 4.74 Å². The zero-order chi connectivity index (χ0) is 15.5. The van der Waals surface area contributed by atoms with Crippen LogP contribution >= 0.6 is 0 Å². The van der Waals surface area contributed by atoms with Crippen LogP contribution in [0.15, 0.2) is 30.3 Å². The summed E-state index contributed by atoms with van der Waals surface area (Å²) in [4.78, 5) is 16.5. The highest BCUT2D eigenvalue weighted by atomic mass is 16.7. The Morgan fingerprint density at radius 2 is 2.14 bits per heavy atom. The zero-order valence-electron chi connectivity index (χ0n) is 12.8. The molecule has 1 aromatic carbocycles. The van der Waals surface area contributed by atoms with Crippen LogP contribution in [-0.4, -0.2) is 10.8 Å². The molecule has 0 amide bonds. The molecule has 4 nitrogen and oxygen atoms in total. The Kier molecular flexibility index (Phi) is 2.69. The van der Waals surface area contributed by atoms with Crippen LogP contribution in [0.5, 0.6) is 5.75 Å². The standard InChI is InChI=1S/C18H17NO3/c1-10-13(11(2)20)8-14-15(19-10)9-17-12-6-4-5-7-16(12)21-18(14,3)22-17/h4-8,17H,9H2,1-3H3/t17-,18+/m0/s1. The van der Waals surface area contributed by atoms with E-state index in [0.29, 0.717) is 12.0 Å². The summed E-state index contributed by atoms with van der Waals surface area (Å²) in [6, 6.07) is 9.81. The Bertz CT molecular complexity index is 799. The molecule has 0 aliphatic carbocycles. The first kappa shape index (κ1) is 13.5. The normalized spacial score (nSPS) is 25.0. The topological polar surface area (TPSA) is 48.4 Å². The third-order valence-corrected chi connectivity index (χ3v) is 4.48. The summed E-state index contributed by atoms with van der Waals surface area (Å²) in [5.41, 5.74) is 4.26. The molecule has 1 aromatic heterocycles. The number of aromatic nitrogens is 1. The first-order valence-electron chi connectivity index (χ1n) is 7.45. The van der Waals surface area contributed by atoms with Gasteiger partial charge in [-0.2, -0.15) is 0 Å². The molecule has 2 bridgehead atoms. The molecule has 0 spiro atoms. The average Bonchev–Trinajstić information content (AvgIpc) is 2.46. The Morgan fingerprint density at radius 1 is 1.36 bits per heavy atom. The van der Waals surface area contributed by atoms with Gasteiger partial charge in [0.15, 0.2) is 5.78 Å². The Labute approximate surface area is 129 Å². The minimum Gasteiger partial charge on any atom is -0.458 e. The summed E-state index contributed by atoms with van der Waals surface area (Å²) < 4.78 is 12.3. The molecule has 0 saturated carbocycles. The van der Waals surface area contributed by atoms with Gasteiger partial charge in [-0.15, -0.1) is 0 Å². The molecule has 4 rings (SSSR count). The van der Waals surface area contributed by atoms with Crippen molar-refractivity contribution in [3.8, 4) is 5.75 Å². The SMILES string of the molecule is CC(=O)c1cc2c(nc1C)C[C@@H]1O[C@@]2(C)Oc2ccccc21. The Balaban J connectivity index is 1.90. The van der Waals surface area contributed by atoms with E-state index in [9.17, 15) is 4.79 Å². The highest BCUT2D eigenvalue weighted by Crippen LogP contribution is 2.49. The number of para-hydroxylation sites is 1. The molecule has 22 heavy (non-hydrogen) atoms. The summed E-state index contributed by atoms with van der Waals surface area (Å²) in [6.07, 6.45) is 0.641. The summed E-state index contributed by atoms with van der Waals surface area (Å²) >= 11 is 0. The molecule has 0 unspecified atom stereocenters. The van der Waals surface area contributed by atoms with Crippen molar-refractivity contribution in [2.45, 2.75) is 39.1 Å². The van der Waals surface area contributed by atoms with Gasteiger partial charge in [0.05, 0.1) is 11.8 Å². The number of nitrogens with zero attached hydrogens (tertiary/aromatic N) is 1. The van der Waals surface area contributed by atoms with Crippen molar-refractivity contribution in [2.24, 2.45) is 0 Å². The van der Waals surface area contributed by atoms with Crippen LogP contribution in [0.2, 0.25) is 0 Å². The maximum atomic E-state index is 11.8. The molecule has 0 N–H and O–H groups in total. The summed E-state index contributed by atoms with van der Waals surface area (Å²) in [5, 5.41) is 0. The minimum atomic E-state index is -0.891. The van der Waals surface area contributed by atoms with Crippen LogP contribution in [0.4, 0.5) is 0 Å². The highest BCUT2D eigenvalue weighted by Gasteiger charge is 2.46. The van der Waals surface area contributed by atoms with Crippen molar-refractivity contribution in [1.82, 2.24) is 4.98 Å². The largest absolute Gasteiger partial charge is 0.458 e. The first-order chi connectivity index (χ1) is 10.5. The predicted molar refractivity (Wildman–Crippen MR) is 80.9 cm³/mol. The van der Waals surface area contributed by atoms with Gasteiger partial charge >= 0.3 is 0 Å². The van der Waals surface area contributed by atoms with Gasteiger partial charge in [-0.05, 0) is 26.0 Å². The van der Waals surface area contributed by atoms with Gasteiger partial charge < -0.3 is 9.47 Å². The van der Waals surface area contributed by atoms with Gasteiger partial charge in [0, 0.05) is 35.7 Å². The average molecular weight is 295 g/mol. The number of hydrogen-bond donors (Lipinski definition) is 0. The smallest absolute Gasteiger partial charge is 0.236 e. The number of benzene rings is 1. The van der Waals surface area contributed by atoms with Crippen molar-refractivity contribution in [1.29, 1.82) is 0 Å². The van der Waals surface area contributed by atoms with Crippen molar-refractivity contribution in [2.75, 3.05) is 0 Å². The molecule has 4 heteroatoms. The van der Waals surface area contributed by atoms with Gasteiger partial charge in [0.1, 0.15) is 5.75 Å². The van der Waals surface area contributed by atoms with Gasteiger partial charge in [-0.25, -0.2) is 0 Å². The molecule has 2 atom stereocenters. The van der Waals surface area contributed by atoms with E-state index in [0.717, 1.165) is 28.3 Å². The van der Waals surface area contributed by atoms with Crippen molar-refractivity contribution < 1.29 is 14.3 Å². The molecule has 2 aliphatic rings. The van der Waals surface area contributed by atoms with E-state index in [2.05, 4.69) is 4.98 Å². The molecule has 2 aromatic rings. The lowest BCUT2D eigenvalue weighted by atomic mass is 9.89. The molecular formula is C18H17NO3. The van der Waals surface area contributed by atoms with Crippen molar-refractivity contribution in [3.05, 3.63) is 58.4 Å². The zero-order valence-corrected chi connectivity index (χ0v) is 12.8. The fourth-order valence-corrected chi connectivity index (χ4v) is 3.41. The van der Waals surface area contributed by atoms with Gasteiger partial charge in [-0.3, -0.25) is 9.78 Å². The third kappa shape index (κ3) is 1.80. The Hall–Kier alpha value is -2.20. The maximum Gasteiger partial charge on any atom is 0.236 e. The molecule has 2 aliphatic heterocycles. The summed E-state index contributed by atoms with van der Waals surface area (Å²) in [7, 11) is 0. The van der Waals surface area contributed by atoms with Crippen LogP contribution in [0, 0.1) is 6.92 Å². The number of rotatable bonds is 1. The van der Waals surface area contributed by atoms with Crippen LogP contribution in [-0.2, 0) is 16.9 Å². The van der Waals surface area contributed by atoms with Gasteiger partial charge in [-0.1, -0.05) is 18.2 Å². The lowest BCUT2D eigenvalue weighted by Gasteiger charge is -2.44. The number of aryl methyl sites for hydroxylation is 1. The summed E-state index contributed by atoms with van der Waals surface area (Å²) in [6.45, 7) is 5.33. The number of pyridine rings is 1. The van der Waals surface area contributed by atoms with E-state index >= 15 is 0 Å². The predicted octanol–water partition coefficient (Wildman–Crippen LogP) is 3.47. The van der Waals surface area contributed by atoms with E-state index in [1.807, 2.05) is 44.2 Å². The van der Waals surface area contributed by atoms with E-state index in [1.165, 1.54) is 0 Å². The number of fused-ring (bicyclic) bond motifs is 6. The molecular weight excluding hydrogens is 278 g/mol. The number of ether oxygens (including phenoxy) is 2. The lowest BCUT2D eigenvalue weighted by Crippen LogP contribution is -2.43. The number of carbonyl (C=O) groups excluding carboxylic acids is 1. The van der Waals surface area contributed by atoms with Crippen LogP contribution in [0.3, 0.4) is 0 Å². The third-order valence-electron chi connectivity index (χ3n) is 4.48. The second-order valence-corrected chi connectivity index (χ2v) is 6.07. The molecule has 0 saturated heterocycles. The molecule has 0 radical (unpaired) electrons. The second kappa shape index (κ2) is 4.40. The quantitative estimate of drug-likeness (QED) is 0.756. The minimum absolute atomic E-state index is 0.00901. The second-order valence-electron chi connectivity index (χ2n) is 6.07. The number of ketones is 1. The van der Waals surface area contributed by atoms with E-state index in [-0.39, 0.29) is 11.9 Å². The van der Waals surface area contributed by atoms with Crippen molar-refractivity contribution in [3.63, 3.8) is 0 Å².